The van der Waals surface area contributed by atoms with Crippen molar-refractivity contribution < 1.29 is 5.21 Å². The fraction of sp³-hybridized carbons (Fsp3) is 0.379. The minimum Gasteiger partial charge on any atom is -0.360 e. The fourth-order valence-electron chi connectivity index (χ4n) is 5.50. The molecule has 7 nitrogen and oxygen atoms in total. The Morgan fingerprint density at radius 1 is 1.06 bits per heavy atom. The fourth-order valence-corrected chi connectivity index (χ4v) is 5.50. The maximum atomic E-state index is 10.2. The van der Waals surface area contributed by atoms with E-state index in [4.69, 9.17) is 4.98 Å². The first kappa shape index (κ1) is 23.2. The predicted molar refractivity (Wildman–Crippen MR) is 144 cm³/mol. The number of nitrogens with one attached hydrogen (secondary N) is 2. The molecule has 2 aromatic carbocycles. The van der Waals surface area contributed by atoms with Gasteiger partial charge in [0.1, 0.15) is 0 Å². The number of aromatic amines is 1. The van der Waals surface area contributed by atoms with Crippen molar-refractivity contribution in [3.05, 3.63) is 71.5 Å². The molecule has 2 atom stereocenters. The molecule has 1 saturated carbocycles. The molecule has 4 aromatic rings. The van der Waals surface area contributed by atoms with Gasteiger partial charge in [-0.25, -0.2) is 9.97 Å². The van der Waals surface area contributed by atoms with Crippen molar-refractivity contribution in [2.24, 2.45) is 0 Å². The second-order valence-electron chi connectivity index (χ2n) is 10.7. The van der Waals surface area contributed by atoms with Gasteiger partial charge in [-0.3, -0.25) is 4.90 Å². The molecule has 1 saturated heterocycles. The molecule has 0 radical (unpaired) electrons. The lowest BCUT2D eigenvalue weighted by molar-refractivity contribution is -0.181. The van der Waals surface area contributed by atoms with Gasteiger partial charge in [0.15, 0.2) is 0 Å². The van der Waals surface area contributed by atoms with Gasteiger partial charge < -0.3 is 15.5 Å². The number of anilines is 2. The summed E-state index contributed by atoms with van der Waals surface area (Å²) in [6.45, 7) is 8.84. The van der Waals surface area contributed by atoms with E-state index >= 15 is 0 Å². The summed E-state index contributed by atoms with van der Waals surface area (Å²) in [5.74, 6) is 1.25. The van der Waals surface area contributed by atoms with Gasteiger partial charge in [-0.2, -0.15) is 5.06 Å². The van der Waals surface area contributed by atoms with E-state index in [-0.39, 0.29) is 12.1 Å². The minimum absolute atomic E-state index is 0.127. The average Bonchev–Trinajstić information content (AvgIpc) is 3.62. The Balaban J connectivity index is 1.26. The number of hydrogen-bond donors (Lipinski definition) is 3. The van der Waals surface area contributed by atoms with E-state index in [1.54, 1.807) is 0 Å². The zero-order chi connectivity index (χ0) is 24.8. The third-order valence-electron chi connectivity index (χ3n) is 7.44. The third-order valence-corrected chi connectivity index (χ3v) is 7.44. The quantitative estimate of drug-likeness (QED) is 0.320. The number of nitrogens with zero attached hydrogens (tertiary/aromatic N) is 4. The molecular weight excluding hydrogens is 448 g/mol. The number of piperazine rings is 1. The highest BCUT2D eigenvalue weighted by molar-refractivity contribution is 5.95. The highest BCUT2D eigenvalue weighted by Crippen LogP contribution is 2.41. The molecule has 2 aromatic heterocycles. The van der Waals surface area contributed by atoms with E-state index in [0.29, 0.717) is 11.9 Å². The SMILES string of the molecule is Cc1ccc2c(-c3ccnc(Nc4cc(CN5CC(C)N(O)[C@@H](C)C5)cc(C5CC5)c4)n3)c[nH]c2c1. The highest BCUT2D eigenvalue weighted by atomic mass is 16.5. The van der Waals surface area contributed by atoms with Gasteiger partial charge in [-0.15, -0.1) is 0 Å². The van der Waals surface area contributed by atoms with Crippen molar-refractivity contribution in [3.8, 4) is 11.3 Å². The van der Waals surface area contributed by atoms with Crippen LogP contribution in [0, 0.1) is 6.92 Å². The van der Waals surface area contributed by atoms with E-state index in [0.717, 1.165) is 47.5 Å². The Bertz CT molecular complexity index is 1380. The Labute approximate surface area is 212 Å². The van der Waals surface area contributed by atoms with Gasteiger partial charge in [0, 0.05) is 66.3 Å². The number of benzene rings is 2. The Kier molecular flexibility index (Phi) is 5.99. The Morgan fingerprint density at radius 3 is 2.64 bits per heavy atom. The zero-order valence-electron chi connectivity index (χ0n) is 21.2. The molecule has 0 amide bonds. The van der Waals surface area contributed by atoms with Crippen LogP contribution in [0.5, 0.6) is 0 Å². The number of rotatable bonds is 6. The summed E-state index contributed by atoms with van der Waals surface area (Å²) in [7, 11) is 0. The van der Waals surface area contributed by atoms with Crippen molar-refractivity contribution in [1.82, 2.24) is 24.9 Å². The van der Waals surface area contributed by atoms with Crippen LogP contribution in [0.25, 0.3) is 22.2 Å². The summed E-state index contributed by atoms with van der Waals surface area (Å²) in [6, 6.07) is 15.5. The lowest BCUT2D eigenvalue weighted by Crippen LogP contribution is -2.54. The first-order chi connectivity index (χ1) is 17.4. The normalized spacial score (nSPS) is 21.2. The molecule has 3 N–H and O–H groups in total. The lowest BCUT2D eigenvalue weighted by atomic mass is 10.0. The van der Waals surface area contributed by atoms with Crippen molar-refractivity contribution in [3.63, 3.8) is 0 Å². The van der Waals surface area contributed by atoms with Crippen LogP contribution in [0.15, 0.2) is 54.9 Å². The number of hydroxylamine groups is 2. The van der Waals surface area contributed by atoms with Crippen molar-refractivity contribution in [2.75, 3.05) is 18.4 Å². The van der Waals surface area contributed by atoms with Crippen molar-refractivity contribution in [1.29, 1.82) is 0 Å². The van der Waals surface area contributed by atoms with Gasteiger partial charge in [0.05, 0.1) is 5.69 Å². The number of aryl methyl sites for hydroxylation is 1. The second-order valence-corrected chi connectivity index (χ2v) is 10.7. The molecule has 7 heteroatoms. The third kappa shape index (κ3) is 4.74. The summed E-state index contributed by atoms with van der Waals surface area (Å²) in [5.41, 5.74) is 8.03. The summed E-state index contributed by atoms with van der Waals surface area (Å²) < 4.78 is 0. The van der Waals surface area contributed by atoms with Gasteiger partial charge in [0.2, 0.25) is 5.95 Å². The summed E-state index contributed by atoms with van der Waals surface area (Å²) in [5, 5.41) is 16.3. The van der Waals surface area contributed by atoms with Crippen LogP contribution in [0.2, 0.25) is 0 Å². The lowest BCUT2D eigenvalue weighted by Gasteiger charge is -2.40. The number of fused-ring (bicyclic) bond motifs is 1. The molecule has 1 aliphatic heterocycles. The monoisotopic (exact) mass is 482 g/mol. The molecule has 36 heavy (non-hydrogen) atoms. The van der Waals surface area contributed by atoms with Crippen LogP contribution >= 0.6 is 0 Å². The van der Waals surface area contributed by atoms with E-state index in [1.807, 2.05) is 18.5 Å². The molecule has 0 bridgehead atoms. The van der Waals surface area contributed by atoms with Crippen LogP contribution < -0.4 is 5.32 Å². The molecule has 6 rings (SSSR count). The van der Waals surface area contributed by atoms with Crippen LogP contribution in [-0.2, 0) is 6.54 Å². The maximum Gasteiger partial charge on any atom is 0.227 e. The largest absolute Gasteiger partial charge is 0.360 e. The van der Waals surface area contributed by atoms with Crippen LogP contribution in [0.1, 0.15) is 49.3 Å². The van der Waals surface area contributed by atoms with Gasteiger partial charge in [-0.1, -0.05) is 18.2 Å². The van der Waals surface area contributed by atoms with Gasteiger partial charge in [-0.05, 0) is 80.5 Å². The minimum atomic E-state index is 0.127. The highest BCUT2D eigenvalue weighted by Gasteiger charge is 2.29. The summed E-state index contributed by atoms with van der Waals surface area (Å²) >= 11 is 0. The molecular formula is C29H34N6O. The van der Waals surface area contributed by atoms with Crippen LogP contribution in [0.4, 0.5) is 11.6 Å². The summed E-state index contributed by atoms with van der Waals surface area (Å²) in [4.78, 5) is 15.2. The molecule has 0 spiro atoms. The molecule has 3 heterocycles. The van der Waals surface area contributed by atoms with E-state index < -0.39 is 0 Å². The topological polar surface area (TPSA) is 80.3 Å². The standard InChI is InChI=1S/C29H34N6O/c1-18-4-7-25-26(14-31-28(25)10-18)27-8-9-30-29(33-27)32-24-12-21(11-23(13-24)22-5-6-22)17-34-15-19(2)35(36)20(3)16-34/h4,7-14,19-20,22,31,36H,5-6,15-17H2,1-3H3,(H,30,32,33)/t19-,20?/m0/s1. The average molecular weight is 483 g/mol. The van der Waals surface area contributed by atoms with Crippen molar-refractivity contribution >= 4 is 22.5 Å². The molecule has 1 aliphatic carbocycles. The van der Waals surface area contributed by atoms with Crippen LogP contribution in [-0.4, -0.2) is 55.3 Å². The van der Waals surface area contributed by atoms with Crippen LogP contribution in [0.3, 0.4) is 0 Å². The first-order valence-electron chi connectivity index (χ1n) is 12.9. The molecule has 1 unspecified atom stereocenters. The molecule has 2 fully saturated rings. The number of H-pyrrole nitrogens is 1. The predicted octanol–water partition coefficient (Wildman–Crippen LogP) is 5.84. The molecule has 2 aliphatic rings. The van der Waals surface area contributed by atoms with E-state index in [2.05, 4.69) is 77.4 Å². The smallest absolute Gasteiger partial charge is 0.227 e. The second kappa shape index (κ2) is 9.32. The van der Waals surface area contributed by atoms with E-state index in [9.17, 15) is 5.21 Å². The summed E-state index contributed by atoms with van der Waals surface area (Å²) in [6.07, 6.45) is 6.36. The Hall–Kier alpha value is -3.26. The first-order valence-corrected chi connectivity index (χ1v) is 12.9. The Morgan fingerprint density at radius 2 is 1.86 bits per heavy atom. The number of hydrogen-bond acceptors (Lipinski definition) is 6. The van der Waals surface area contributed by atoms with Gasteiger partial charge in [0.25, 0.3) is 0 Å². The zero-order valence-corrected chi connectivity index (χ0v) is 21.2. The number of aromatic nitrogens is 3. The molecule has 186 valence electrons. The maximum absolute atomic E-state index is 10.2. The van der Waals surface area contributed by atoms with Gasteiger partial charge >= 0.3 is 0 Å². The van der Waals surface area contributed by atoms with Crippen molar-refractivity contribution in [2.45, 2.75) is 58.2 Å². The van der Waals surface area contributed by atoms with E-state index in [1.165, 1.54) is 34.6 Å².